The Labute approximate surface area is 102 Å². The van der Waals surface area contributed by atoms with Gasteiger partial charge in [-0.25, -0.2) is 9.59 Å². The van der Waals surface area contributed by atoms with Crippen LogP contribution in [0.3, 0.4) is 0 Å². The molecule has 0 unspecified atom stereocenters. The van der Waals surface area contributed by atoms with Crippen LogP contribution in [0.1, 0.15) is 27.9 Å². The first-order chi connectivity index (χ1) is 8.61. The quantitative estimate of drug-likeness (QED) is 0.585. The Balaban J connectivity index is 2.12. The van der Waals surface area contributed by atoms with Crippen LogP contribution in [-0.2, 0) is 16.0 Å². The molecule has 8 nitrogen and oxygen atoms in total. The monoisotopic (exact) mass is 253 g/mol. The molecule has 0 bridgehead atoms. The van der Waals surface area contributed by atoms with Gasteiger partial charge in [0, 0.05) is 12.6 Å². The van der Waals surface area contributed by atoms with E-state index < -0.39 is 12.1 Å². The second-order valence-corrected chi connectivity index (χ2v) is 3.47. The molecule has 1 aromatic rings. The van der Waals surface area contributed by atoms with E-state index in [0.29, 0.717) is 13.1 Å². The minimum absolute atomic E-state index is 0.102. The summed E-state index contributed by atoms with van der Waals surface area (Å²) in [5.74, 6) is -1.26. The summed E-state index contributed by atoms with van der Waals surface area (Å²) < 4.78 is 10.2. The largest absolute Gasteiger partial charge is 0.516 e. The normalized spacial score (nSPS) is 13.5. The summed E-state index contributed by atoms with van der Waals surface area (Å²) in [4.78, 5) is 33.9. The standard InChI is InChI=1S/C10H11N3O5/c1-2-17-10(16)18-9(15)6-5-7-8(14)11-3-4-13(7)12-6/h5H,2-4H2,1H3,(H,11,14). The second kappa shape index (κ2) is 4.86. The van der Waals surface area contributed by atoms with Crippen LogP contribution in [0.4, 0.5) is 4.79 Å². The predicted molar refractivity (Wildman–Crippen MR) is 57.0 cm³/mol. The molecule has 8 heteroatoms. The fourth-order valence-corrected chi connectivity index (χ4v) is 1.51. The number of esters is 1. The lowest BCUT2D eigenvalue weighted by molar-refractivity contribution is 0.0395. The van der Waals surface area contributed by atoms with Crippen molar-refractivity contribution >= 4 is 18.0 Å². The highest BCUT2D eigenvalue weighted by molar-refractivity contribution is 5.98. The van der Waals surface area contributed by atoms with E-state index in [-0.39, 0.29) is 23.9 Å². The van der Waals surface area contributed by atoms with Gasteiger partial charge in [-0.15, -0.1) is 0 Å². The summed E-state index contributed by atoms with van der Waals surface area (Å²) in [6, 6.07) is 1.27. The average molecular weight is 253 g/mol. The minimum atomic E-state index is -1.09. The lowest BCUT2D eigenvalue weighted by Gasteiger charge is -2.13. The lowest BCUT2D eigenvalue weighted by atomic mass is 10.3. The van der Waals surface area contributed by atoms with Crippen LogP contribution in [0, 0.1) is 0 Å². The number of hydrogen-bond donors (Lipinski definition) is 1. The smallest absolute Gasteiger partial charge is 0.434 e. The molecule has 1 aromatic heterocycles. The van der Waals surface area contributed by atoms with E-state index in [9.17, 15) is 14.4 Å². The molecule has 18 heavy (non-hydrogen) atoms. The van der Waals surface area contributed by atoms with E-state index in [1.165, 1.54) is 10.7 Å². The van der Waals surface area contributed by atoms with Crippen molar-refractivity contribution < 1.29 is 23.9 Å². The highest BCUT2D eigenvalue weighted by Crippen LogP contribution is 2.09. The van der Waals surface area contributed by atoms with Gasteiger partial charge < -0.3 is 14.8 Å². The molecule has 0 aliphatic carbocycles. The fourth-order valence-electron chi connectivity index (χ4n) is 1.51. The maximum atomic E-state index is 11.5. The van der Waals surface area contributed by atoms with Gasteiger partial charge in [-0.2, -0.15) is 5.10 Å². The van der Waals surface area contributed by atoms with Crippen LogP contribution >= 0.6 is 0 Å². The van der Waals surface area contributed by atoms with Crippen LogP contribution in [0.5, 0.6) is 0 Å². The van der Waals surface area contributed by atoms with Crippen molar-refractivity contribution in [3.63, 3.8) is 0 Å². The molecule has 2 rings (SSSR count). The SMILES string of the molecule is CCOC(=O)OC(=O)c1cc2n(n1)CCNC2=O. The van der Waals surface area contributed by atoms with Gasteiger partial charge in [-0.05, 0) is 6.92 Å². The molecule has 1 aliphatic heterocycles. The Morgan fingerprint density at radius 3 is 3.00 bits per heavy atom. The number of carbonyl (C=O) groups is 3. The Morgan fingerprint density at radius 2 is 2.33 bits per heavy atom. The molecule has 0 aromatic carbocycles. The molecule has 0 saturated heterocycles. The topological polar surface area (TPSA) is 99.5 Å². The first-order valence-corrected chi connectivity index (χ1v) is 5.36. The summed E-state index contributed by atoms with van der Waals surface area (Å²) >= 11 is 0. The van der Waals surface area contributed by atoms with Crippen LogP contribution < -0.4 is 5.32 Å². The first-order valence-electron chi connectivity index (χ1n) is 5.36. The Hall–Kier alpha value is -2.38. The van der Waals surface area contributed by atoms with Crippen molar-refractivity contribution in [2.24, 2.45) is 0 Å². The van der Waals surface area contributed by atoms with Crippen molar-refractivity contribution in [2.75, 3.05) is 13.2 Å². The zero-order valence-electron chi connectivity index (χ0n) is 9.63. The van der Waals surface area contributed by atoms with Crippen LogP contribution in [0.25, 0.3) is 0 Å². The van der Waals surface area contributed by atoms with E-state index in [4.69, 9.17) is 0 Å². The molecule has 0 spiro atoms. The molecule has 1 amide bonds. The third-order valence-electron chi connectivity index (χ3n) is 2.27. The summed E-state index contributed by atoms with van der Waals surface area (Å²) in [5, 5.41) is 6.50. The van der Waals surface area contributed by atoms with Crippen molar-refractivity contribution in [3.8, 4) is 0 Å². The molecular formula is C10H11N3O5. The zero-order valence-corrected chi connectivity index (χ0v) is 9.63. The Morgan fingerprint density at radius 1 is 1.56 bits per heavy atom. The predicted octanol–water partition coefficient (Wildman–Crippen LogP) is -0.0602. The number of amides is 1. The van der Waals surface area contributed by atoms with Crippen LogP contribution in [-0.4, -0.2) is 41.0 Å². The number of aromatic nitrogens is 2. The highest BCUT2D eigenvalue weighted by atomic mass is 16.7. The number of hydrogen-bond acceptors (Lipinski definition) is 6. The number of carbonyl (C=O) groups excluding carboxylic acids is 3. The number of nitrogens with zero attached hydrogens (tertiary/aromatic N) is 2. The second-order valence-electron chi connectivity index (χ2n) is 3.47. The van der Waals surface area contributed by atoms with Gasteiger partial charge in [-0.3, -0.25) is 9.48 Å². The van der Waals surface area contributed by atoms with Gasteiger partial charge in [0.2, 0.25) is 0 Å². The Kier molecular flexibility index (Phi) is 3.26. The molecule has 0 fully saturated rings. The molecule has 1 N–H and O–H groups in total. The fraction of sp³-hybridized carbons (Fsp3) is 0.400. The summed E-state index contributed by atoms with van der Waals surface area (Å²) in [7, 11) is 0. The van der Waals surface area contributed by atoms with Crippen LogP contribution in [0.2, 0.25) is 0 Å². The maximum Gasteiger partial charge on any atom is 0.516 e. The van der Waals surface area contributed by atoms with E-state index in [1.807, 2.05) is 0 Å². The van der Waals surface area contributed by atoms with Gasteiger partial charge in [0.25, 0.3) is 5.91 Å². The summed E-state index contributed by atoms with van der Waals surface area (Å²) in [6.45, 7) is 2.60. The van der Waals surface area contributed by atoms with Gasteiger partial charge in [0.15, 0.2) is 5.69 Å². The molecule has 96 valence electrons. The van der Waals surface area contributed by atoms with Gasteiger partial charge in [-0.1, -0.05) is 0 Å². The number of ether oxygens (including phenoxy) is 2. The zero-order chi connectivity index (χ0) is 13.1. The molecule has 0 saturated carbocycles. The van der Waals surface area contributed by atoms with Crippen molar-refractivity contribution in [3.05, 3.63) is 17.5 Å². The molecule has 0 radical (unpaired) electrons. The van der Waals surface area contributed by atoms with E-state index in [0.717, 1.165) is 0 Å². The van der Waals surface area contributed by atoms with Gasteiger partial charge in [0.05, 0.1) is 13.2 Å². The molecular weight excluding hydrogens is 242 g/mol. The average Bonchev–Trinajstić information content (AvgIpc) is 2.74. The lowest BCUT2D eigenvalue weighted by Crippen LogP contribution is -2.35. The molecule has 0 atom stereocenters. The van der Waals surface area contributed by atoms with Crippen LogP contribution in [0.15, 0.2) is 6.07 Å². The summed E-state index contributed by atoms with van der Waals surface area (Å²) in [6.07, 6.45) is -1.09. The molecule has 2 heterocycles. The van der Waals surface area contributed by atoms with Gasteiger partial charge in [0.1, 0.15) is 5.69 Å². The van der Waals surface area contributed by atoms with Crippen molar-refractivity contribution in [2.45, 2.75) is 13.5 Å². The van der Waals surface area contributed by atoms with Gasteiger partial charge >= 0.3 is 12.1 Å². The number of fused-ring (bicyclic) bond motifs is 1. The number of rotatable bonds is 2. The van der Waals surface area contributed by atoms with E-state index in [2.05, 4.69) is 19.9 Å². The van der Waals surface area contributed by atoms with Crippen molar-refractivity contribution in [1.82, 2.24) is 15.1 Å². The maximum absolute atomic E-state index is 11.5. The third-order valence-corrected chi connectivity index (χ3v) is 2.27. The third kappa shape index (κ3) is 2.31. The molecule has 1 aliphatic rings. The van der Waals surface area contributed by atoms with E-state index >= 15 is 0 Å². The first kappa shape index (κ1) is 12.1. The van der Waals surface area contributed by atoms with Crippen molar-refractivity contribution in [1.29, 1.82) is 0 Å². The Bertz CT molecular complexity index is 508. The highest BCUT2D eigenvalue weighted by Gasteiger charge is 2.24. The number of nitrogens with one attached hydrogen (secondary N) is 1. The van der Waals surface area contributed by atoms with E-state index in [1.54, 1.807) is 6.92 Å². The summed E-state index contributed by atoms with van der Waals surface area (Å²) in [5.41, 5.74) is 0.159. The minimum Gasteiger partial charge on any atom is -0.434 e.